The summed E-state index contributed by atoms with van der Waals surface area (Å²) in [6.45, 7) is 13.6. The van der Waals surface area contributed by atoms with Gasteiger partial charge in [0.15, 0.2) is 0 Å². The van der Waals surface area contributed by atoms with Crippen molar-refractivity contribution < 1.29 is 19.8 Å². The molecule has 0 saturated carbocycles. The fraction of sp³-hybridized carbons (Fsp3) is 0.429. The maximum absolute atomic E-state index is 9.55. The third kappa shape index (κ3) is 13.2. The van der Waals surface area contributed by atoms with Gasteiger partial charge in [0.05, 0.1) is 0 Å². The zero-order chi connectivity index (χ0) is 26.2. The van der Waals surface area contributed by atoms with Crippen molar-refractivity contribution in [1.82, 2.24) is 20.4 Å². The maximum Gasteiger partial charge on any atom is 0.328 e. The minimum Gasteiger partial charge on any atom is -0.478 e. The van der Waals surface area contributed by atoms with Crippen molar-refractivity contribution in [2.45, 2.75) is 39.0 Å². The van der Waals surface area contributed by atoms with E-state index in [0.717, 1.165) is 39.3 Å². The van der Waals surface area contributed by atoms with Gasteiger partial charge in [-0.05, 0) is 25.0 Å². The van der Waals surface area contributed by atoms with Crippen LogP contribution in [0.2, 0.25) is 0 Å². The Morgan fingerprint density at radius 3 is 1.42 bits per heavy atom. The number of benzene rings is 2. The van der Waals surface area contributed by atoms with E-state index in [-0.39, 0.29) is 0 Å². The smallest absolute Gasteiger partial charge is 0.328 e. The molecule has 0 bridgehead atoms. The molecule has 4 N–H and O–H groups in total. The van der Waals surface area contributed by atoms with Crippen LogP contribution in [-0.2, 0) is 22.7 Å². The molecular formula is C28H40N4O4. The van der Waals surface area contributed by atoms with E-state index >= 15 is 0 Å². The number of rotatable bonds is 6. The molecule has 8 nitrogen and oxygen atoms in total. The second-order valence-electron chi connectivity index (χ2n) is 9.16. The normalized spacial score (nSPS) is 20.5. The van der Waals surface area contributed by atoms with Crippen LogP contribution in [0.4, 0.5) is 0 Å². The lowest BCUT2D eigenvalue weighted by Crippen LogP contribution is -2.48. The summed E-state index contributed by atoms with van der Waals surface area (Å²) in [6, 6.07) is 22.7. The zero-order valence-corrected chi connectivity index (χ0v) is 21.3. The van der Waals surface area contributed by atoms with Crippen LogP contribution in [0.15, 0.2) is 72.8 Å². The molecule has 196 valence electrons. The van der Waals surface area contributed by atoms with Crippen LogP contribution in [0.25, 0.3) is 0 Å². The molecule has 2 aliphatic rings. The molecule has 0 amide bonds. The Hall–Kier alpha value is -3.04. The van der Waals surface area contributed by atoms with Crippen LogP contribution >= 0.6 is 0 Å². The molecule has 0 spiro atoms. The Balaban J connectivity index is 0.000000199. The molecule has 2 heterocycles. The second-order valence-corrected chi connectivity index (χ2v) is 9.16. The maximum atomic E-state index is 9.55. The summed E-state index contributed by atoms with van der Waals surface area (Å²) >= 11 is 0. The van der Waals surface area contributed by atoms with Crippen molar-refractivity contribution >= 4 is 11.9 Å². The van der Waals surface area contributed by atoms with E-state index in [1.165, 1.54) is 24.2 Å². The molecule has 0 radical (unpaired) electrons. The number of nitrogens with one attached hydrogen (secondary N) is 2. The van der Waals surface area contributed by atoms with Crippen molar-refractivity contribution in [3.05, 3.63) is 83.9 Å². The van der Waals surface area contributed by atoms with Gasteiger partial charge < -0.3 is 20.8 Å². The standard InChI is InChI=1S/2C12H18N2.C4H4O4/c2*1-11-9-14(8-7-13-11)10-12-5-3-2-4-6-12;5-3(6)1-2-4(7)8/h2*2-6,11,13H,7-10H2,1H3;1-2H,(H,5,6)(H,7,8). The topological polar surface area (TPSA) is 105 Å². The molecule has 8 heteroatoms. The van der Waals surface area contributed by atoms with Crippen LogP contribution in [0.1, 0.15) is 25.0 Å². The van der Waals surface area contributed by atoms with E-state index in [1.54, 1.807) is 0 Å². The van der Waals surface area contributed by atoms with Gasteiger partial charge in [0.25, 0.3) is 0 Å². The molecule has 2 aromatic carbocycles. The highest BCUT2D eigenvalue weighted by atomic mass is 16.4. The lowest BCUT2D eigenvalue weighted by atomic mass is 10.2. The highest BCUT2D eigenvalue weighted by Gasteiger charge is 2.15. The van der Waals surface area contributed by atoms with Crippen LogP contribution in [0, 0.1) is 0 Å². The van der Waals surface area contributed by atoms with Gasteiger partial charge in [-0.3, -0.25) is 9.80 Å². The van der Waals surface area contributed by atoms with Gasteiger partial charge in [0.2, 0.25) is 0 Å². The third-order valence-electron chi connectivity index (χ3n) is 5.77. The molecule has 2 aromatic rings. The van der Waals surface area contributed by atoms with Gasteiger partial charge in [0.1, 0.15) is 0 Å². The van der Waals surface area contributed by atoms with E-state index in [2.05, 4.69) is 94.9 Å². The first-order valence-corrected chi connectivity index (χ1v) is 12.4. The monoisotopic (exact) mass is 496 g/mol. The van der Waals surface area contributed by atoms with Crippen LogP contribution in [0.5, 0.6) is 0 Å². The summed E-state index contributed by atoms with van der Waals surface area (Å²) in [7, 11) is 0. The second kappa shape index (κ2) is 16.6. The largest absolute Gasteiger partial charge is 0.478 e. The van der Waals surface area contributed by atoms with Gasteiger partial charge in [-0.1, -0.05) is 60.7 Å². The number of piperazine rings is 2. The summed E-state index contributed by atoms with van der Waals surface area (Å²) in [5.74, 6) is -2.51. The van der Waals surface area contributed by atoms with Gasteiger partial charge in [-0.25, -0.2) is 9.59 Å². The third-order valence-corrected chi connectivity index (χ3v) is 5.77. The summed E-state index contributed by atoms with van der Waals surface area (Å²) in [6.07, 6.45) is 1.12. The average molecular weight is 497 g/mol. The Morgan fingerprint density at radius 2 is 1.11 bits per heavy atom. The molecule has 36 heavy (non-hydrogen) atoms. The van der Waals surface area contributed by atoms with Gasteiger partial charge >= 0.3 is 11.9 Å². The van der Waals surface area contributed by atoms with Crippen LogP contribution < -0.4 is 10.6 Å². The number of carbonyl (C=O) groups is 2. The minimum absolute atomic E-state index is 0.558. The Bertz CT molecular complexity index is 848. The van der Waals surface area contributed by atoms with Gasteiger partial charge in [-0.2, -0.15) is 0 Å². The minimum atomic E-state index is -1.26. The summed E-state index contributed by atoms with van der Waals surface area (Å²) < 4.78 is 0. The zero-order valence-electron chi connectivity index (χ0n) is 21.3. The first kappa shape index (κ1) is 29.2. The van der Waals surface area contributed by atoms with E-state index in [4.69, 9.17) is 10.2 Å². The highest BCUT2D eigenvalue weighted by Crippen LogP contribution is 2.08. The van der Waals surface area contributed by atoms with Crippen LogP contribution in [-0.4, -0.2) is 83.3 Å². The molecule has 0 aromatic heterocycles. The molecule has 2 saturated heterocycles. The summed E-state index contributed by atoms with van der Waals surface area (Å²) in [4.78, 5) is 24.1. The van der Waals surface area contributed by atoms with Crippen LogP contribution in [0.3, 0.4) is 0 Å². The molecule has 2 fully saturated rings. The van der Waals surface area contributed by atoms with Crippen molar-refractivity contribution in [2.75, 3.05) is 39.3 Å². The quantitative estimate of drug-likeness (QED) is 0.453. The predicted octanol–water partition coefficient (Wildman–Crippen LogP) is 2.67. The predicted molar refractivity (Wildman–Crippen MR) is 143 cm³/mol. The van der Waals surface area contributed by atoms with E-state index in [9.17, 15) is 9.59 Å². The number of carboxylic acids is 2. The number of hydrogen-bond acceptors (Lipinski definition) is 6. The molecule has 2 aliphatic heterocycles. The number of carboxylic acid groups (broad SMARTS) is 2. The first-order chi connectivity index (χ1) is 17.3. The molecule has 2 unspecified atom stereocenters. The van der Waals surface area contributed by atoms with Crippen molar-refractivity contribution in [3.63, 3.8) is 0 Å². The number of aliphatic carboxylic acids is 2. The number of hydrogen-bond donors (Lipinski definition) is 4. The SMILES string of the molecule is CC1CN(Cc2ccccc2)CCN1.CC1CN(Cc2ccccc2)CCN1.O=C(O)C=CC(=O)O. The molecule has 4 rings (SSSR count). The Morgan fingerprint density at radius 1 is 0.750 bits per heavy atom. The Labute approximate surface area is 214 Å². The molecule has 0 aliphatic carbocycles. The molecular weight excluding hydrogens is 456 g/mol. The van der Waals surface area contributed by atoms with E-state index in [0.29, 0.717) is 24.2 Å². The van der Waals surface area contributed by atoms with Gasteiger partial charge in [-0.15, -0.1) is 0 Å². The van der Waals surface area contributed by atoms with Crippen molar-refractivity contribution in [3.8, 4) is 0 Å². The summed E-state index contributed by atoms with van der Waals surface area (Å²) in [5.41, 5.74) is 2.84. The Kier molecular flexibility index (Phi) is 13.5. The van der Waals surface area contributed by atoms with Crippen molar-refractivity contribution in [2.24, 2.45) is 0 Å². The lowest BCUT2D eigenvalue weighted by Gasteiger charge is -2.31. The fourth-order valence-corrected chi connectivity index (χ4v) is 4.14. The van der Waals surface area contributed by atoms with Crippen molar-refractivity contribution in [1.29, 1.82) is 0 Å². The summed E-state index contributed by atoms with van der Waals surface area (Å²) in [5, 5.41) is 22.5. The van der Waals surface area contributed by atoms with E-state index < -0.39 is 11.9 Å². The first-order valence-electron chi connectivity index (χ1n) is 12.4. The lowest BCUT2D eigenvalue weighted by molar-refractivity contribution is -0.134. The van der Waals surface area contributed by atoms with Gasteiger partial charge in [0, 0.05) is 76.6 Å². The fourth-order valence-electron chi connectivity index (χ4n) is 4.14. The van der Waals surface area contributed by atoms with E-state index in [1.807, 2.05) is 0 Å². The molecule has 2 atom stereocenters. The highest BCUT2D eigenvalue weighted by molar-refractivity contribution is 5.89. The number of nitrogens with zero attached hydrogens (tertiary/aromatic N) is 2. The average Bonchev–Trinajstić information content (AvgIpc) is 2.85.